The maximum absolute atomic E-state index is 12.3. The minimum absolute atomic E-state index is 0.0936. The number of likely N-dealkylation sites (N-methyl/N-ethyl adjacent to an activating group) is 1. The minimum atomic E-state index is 0.0936. The highest BCUT2D eigenvalue weighted by atomic mass is 16.3. The van der Waals surface area contributed by atoms with Crippen LogP contribution in [0, 0.1) is 0 Å². The van der Waals surface area contributed by atoms with Gasteiger partial charge >= 0.3 is 0 Å². The normalized spacial score (nSPS) is 11.1. The quantitative estimate of drug-likeness (QED) is 0.617. The summed E-state index contributed by atoms with van der Waals surface area (Å²) in [4.78, 5) is 16.2. The van der Waals surface area contributed by atoms with Crippen LogP contribution in [-0.4, -0.2) is 59.6 Å². The van der Waals surface area contributed by atoms with Gasteiger partial charge in [0.1, 0.15) is 0 Å². The van der Waals surface area contributed by atoms with Crippen molar-refractivity contribution in [3.63, 3.8) is 0 Å². The van der Waals surface area contributed by atoms with E-state index in [0.29, 0.717) is 32.2 Å². The zero-order valence-electron chi connectivity index (χ0n) is 13.0. The van der Waals surface area contributed by atoms with E-state index < -0.39 is 0 Å². The van der Waals surface area contributed by atoms with Gasteiger partial charge in [-0.25, -0.2) is 0 Å². The first-order chi connectivity index (χ1) is 8.99. The molecular weight excluding hydrogens is 240 g/mol. The van der Waals surface area contributed by atoms with Crippen LogP contribution >= 0.6 is 0 Å². The number of nitrogens with zero attached hydrogens (tertiary/aromatic N) is 2. The number of hydrogen-bond donors (Lipinski definition) is 1. The summed E-state index contributed by atoms with van der Waals surface area (Å²) in [5, 5.41) is 9.15. The molecule has 19 heavy (non-hydrogen) atoms. The molecule has 0 saturated carbocycles. The highest BCUT2D eigenvalue weighted by Crippen LogP contribution is 2.09. The van der Waals surface area contributed by atoms with Crippen molar-refractivity contribution in [1.29, 1.82) is 0 Å². The van der Waals surface area contributed by atoms with Crippen molar-refractivity contribution in [2.75, 3.05) is 32.8 Å². The van der Waals surface area contributed by atoms with E-state index in [1.54, 1.807) is 0 Å². The molecule has 1 N–H and O–H groups in total. The second-order valence-corrected chi connectivity index (χ2v) is 5.03. The Balaban J connectivity index is 4.63. The van der Waals surface area contributed by atoms with Crippen LogP contribution in [0.1, 0.15) is 40.5 Å². The zero-order chi connectivity index (χ0) is 14.8. The van der Waals surface area contributed by atoms with Crippen molar-refractivity contribution in [3.05, 3.63) is 12.2 Å². The van der Waals surface area contributed by atoms with Gasteiger partial charge in [0.25, 0.3) is 0 Å². The Kier molecular flexibility index (Phi) is 9.53. The van der Waals surface area contributed by atoms with Gasteiger partial charge in [-0.2, -0.15) is 0 Å². The predicted molar refractivity (Wildman–Crippen MR) is 80.1 cm³/mol. The molecule has 0 fully saturated rings. The van der Waals surface area contributed by atoms with Crippen molar-refractivity contribution in [2.24, 2.45) is 0 Å². The van der Waals surface area contributed by atoms with Crippen LogP contribution < -0.4 is 0 Å². The van der Waals surface area contributed by atoms with Crippen LogP contribution in [0.25, 0.3) is 0 Å². The molecule has 0 aliphatic carbocycles. The van der Waals surface area contributed by atoms with Crippen LogP contribution in [0.3, 0.4) is 0 Å². The molecule has 0 bridgehead atoms. The number of aliphatic hydroxyl groups excluding tert-OH is 1. The number of carbonyl (C=O) groups excluding carboxylic acids is 1. The van der Waals surface area contributed by atoms with Crippen molar-refractivity contribution in [1.82, 2.24) is 9.80 Å². The monoisotopic (exact) mass is 270 g/mol. The van der Waals surface area contributed by atoms with E-state index in [1.165, 1.54) is 0 Å². The van der Waals surface area contributed by atoms with Gasteiger partial charge in [0.15, 0.2) is 0 Å². The molecule has 0 radical (unpaired) electrons. The third-order valence-corrected chi connectivity index (χ3v) is 3.38. The third-order valence-electron chi connectivity index (χ3n) is 3.38. The van der Waals surface area contributed by atoms with Crippen LogP contribution in [0.15, 0.2) is 12.2 Å². The summed E-state index contributed by atoms with van der Waals surface area (Å²) in [6, 6.07) is 0.361. The fourth-order valence-corrected chi connectivity index (χ4v) is 2.30. The van der Waals surface area contributed by atoms with E-state index in [-0.39, 0.29) is 12.5 Å². The summed E-state index contributed by atoms with van der Waals surface area (Å²) in [5.74, 6) is 0.117. The lowest BCUT2D eigenvalue weighted by molar-refractivity contribution is -0.132. The molecule has 0 aliphatic heterocycles. The second-order valence-electron chi connectivity index (χ2n) is 5.03. The highest BCUT2D eigenvalue weighted by molar-refractivity contribution is 5.78. The van der Waals surface area contributed by atoms with Gasteiger partial charge in [0.05, 0.1) is 13.2 Å². The molecule has 0 heterocycles. The van der Waals surface area contributed by atoms with Crippen LogP contribution in [0.2, 0.25) is 0 Å². The van der Waals surface area contributed by atoms with Crippen LogP contribution in [0.5, 0.6) is 0 Å². The standard InChI is InChI=1S/C15H30N2O2/c1-6-14(7-2)17(9-10-18)12-15(19)16(8-3)11-13(4)5/h14,18H,4,6-12H2,1-3,5H3. The average Bonchev–Trinajstić information content (AvgIpc) is 2.37. The van der Waals surface area contributed by atoms with Crippen LogP contribution in [0.4, 0.5) is 0 Å². The number of hydrogen-bond acceptors (Lipinski definition) is 3. The number of rotatable bonds is 10. The zero-order valence-corrected chi connectivity index (χ0v) is 13.0. The first kappa shape index (κ1) is 18.1. The topological polar surface area (TPSA) is 43.8 Å². The Morgan fingerprint density at radius 2 is 1.79 bits per heavy atom. The summed E-state index contributed by atoms with van der Waals surface area (Å²) in [7, 11) is 0. The lowest BCUT2D eigenvalue weighted by Gasteiger charge is -2.31. The molecule has 0 aromatic heterocycles. The van der Waals surface area contributed by atoms with Gasteiger partial charge in [-0.05, 0) is 26.7 Å². The summed E-state index contributed by atoms with van der Waals surface area (Å²) in [5.41, 5.74) is 0.992. The average molecular weight is 270 g/mol. The predicted octanol–water partition coefficient (Wildman–Crippen LogP) is 1.89. The lowest BCUT2D eigenvalue weighted by atomic mass is 10.1. The number of amides is 1. The van der Waals surface area contributed by atoms with Gasteiger partial charge in [-0.15, -0.1) is 0 Å². The van der Waals surface area contributed by atoms with E-state index in [2.05, 4.69) is 25.3 Å². The Morgan fingerprint density at radius 1 is 1.21 bits per heavy atom. The van der Waals surface area contributed by atoms with Crippen LogP contribution in [-0.2, 0) is 4.79 Å². The van der Waals surface area contributed by atoms with Crippen molar-refractivity contribution < 1.29 is 9.90 Å². The summed E-state index contributed by atoms with van der Waals surface area (Å²) >= 11 is 0. The van der Waals surface area contributed by atoms with Crippen molar-refractivity contribution >= 4 is 5.91 Å². The summed E-state index contributed by atoms with van der Waals surface area (Å²) < 4.78 is 0. The molecule has 0 rings (SSSR count). The Hall–Kier alpha value is -0.870. The number of aliphatic hydroxyl groups is 1. The van der Waals surface area contributed by atoms with E-state index in [1.807, 2.05) is 18.7 Å². The van der Waals surface area contributed by atoms with E-state index >= 15 is 0 Å². The van der Waals surface area contributed by atoms with Gasteiger partial charge in [0, 0.05) is 25.7 Å². The smallest absolute Gasteiger partial charge is 0.237 e. The molecule has 0 saturated heterocycles. The maximum Gasteiger partial charge on any atom is 0.237 e. The largest absolute Gasteiger partial charge is 0.395 e. The lowest BCUT2D eigenvalue weighted by Crippen LogP contribution is -2.45. The van der Waals surface area contributed by atoms with Crippen molar-refractivity contribution in [3.8, 4) is 0 Å². The van der Waals surface area contributed by atoms with E-state index in [4.69, 9.17) is 5.11 Å². The molecule has 0 atom stereocenters. The Labute approximate surface area is 118 Å². The van der Waals surface area contributed by atoms with Crippen molar-refractivity contribution in [2.45, 2.75) is 46.6 Å². The molecule has 1 amide bonds. The first-order valence-corrected chi connectivity index (χ1v) is 7.27. The first-order valence-electron chi connectivity index (χ1n) is 7.27. The van der Waals surface area contributed by atoms with E-state index in [0.717, 1.165) is 18.4 Å². The highest BCUT2D eigenvalue weighted by Gasteiger charge is 2.20. The molecule has 0 unspecified atom stereocenters. The van der Waals surface area contributed by atoms with Gasteiger partial charge in [0.2, 0.25) is 5.91 Å². The molecule has 4 nitrogen and oxygen atoms in total. The minimum Gasteiger partial charge on any atom is -0.395 e. The molecule has 0 aromatic carbocycles. The summed E-state index contributed by atoms with van der Waals surface area (Å²) in [6.45, 7) is 14.4. The molecule has 0 aliphatic rings. The Bertz CT molecular complexity index is 275. The fraction of sp³-hybridized carbons (Fsp3) is 0.800. The van der Waals surface area contributed by atoms with Gasteiger partial charge in [-0.1, -0.05) is 26.0 Å². The maximum atomic E-state index is 12.3. The molecule has 4 heteroatoms. The molecule has 0 spiro atoms. The van der Waals surface area contributed by atoms with Gasteiger partial charge < -0.3 is 10.0 Å². The van der Waals surface area contributed by atoms with E-state index in [9.17, 15) is 4.79 Å². The SMILES string of the molecule is C=C(C)CN(CC)C(=O)CN(CCO)C(CC)CC. The molecule has 0 aromatic rings. The fourth-order valence-electron chi connectivity index (χ4n) is 2.30. The summed E-state index contributed by atoms with van der Waals surface area (Å²) in [6.07, 6.45) is 1.99. The van der Waals surface area contributed by atoms with Gasteiger partial charge in [-0.3, -0.25) is 9.69 Å². The number of carbonyl (C=O) groups is 1. The third kappa shape index (κ3) is 6.73. The molecule has 112 valence electrons. The second kappa shape index (κ2) is 9.98. The Morgan fingerprint density at radius 3 is 2.16 bits per heavy atom. The molecular formula is C15H30N2O2.